The van der Waals surface area contributed by atoms with E-state index in [2.05, 4.69) is 35.1 Å². The maximum atomic E-state index is 13.5. The van der Waals surface area contributed by atoms with Crippen LogP contribution in [0.1, 0.15) is 40.1 Å². The first-order chi connectivity index (χ1) is 17.7. The van der Waals surface area contributed by atoms with Gasteiger partial charge in [0, 0.05) is 39.8 Å². The Balaban J connectivity index is 1.36. The molecule has 1 aliphatic rings. The number of aromatic nitrogens is 5. The Morgan fingerprint density at radius 3 is 2.70 bits per heavy atom. The van der Waals surface area contributed by atoms with Gasteiger partial charge in [0.15, 0.2) is 0 Å². The van der Waals surface area contributed by atoms with Crippen LogP contribution >= 0.6 is 11.6 Å². The molecule has 37 heavy (non-hydrogen) atoms. The molecule has 0 saturated carbocycles. The first kappa shape index (κ1) is 25.6. The van der Waals surface area contributed by atoms with Gasteiger partial charge in [0.25, 0.3) is 5.91 Å². The molecule has 0 saturated heterocycles. The lowest BCUT2D eigenvalue weighted by Gasteiger charge is -2.26. The summed E-state index contributed by atoms with van der Waals surface area (Å²) >= 11 is 6.50. The lowest BCUT2D eigenvalue weighted by Crippen LogP contribution is -2.29. The topological polar surface area (TPSA) is 78.1 Å². The fourth-order valence-corrected chi connectivity index (χ4v) is 5.81. The third kappa shape index (κ3) is 5.34. The third-order valence-electron chi connectivity index (χ3n) is 6.91. The van der Waals surface area contributed by atoms with Crippen molar-refractivity contribution < 1.29 is 9.53 Å². The number of halogens is 1. The average Bonchev–Trinajstić information content (AvgIpc) is 3.52. The summed E-state index contributed by atoms with van der Waals surface area (Å²) in [5.74, 6) is 0.0267. The van der Waals surface area contributed by atoms with Crippen molar-refractivity contribution >= 4 is 36.6 Å². The predicted octanol–water partition coefficient (Wildman–Crippen LogP) is 5.55. The van der Waals surface area contributed by atoms with Crippen LogP contribution in [0.3, 0.4) is 0 Å². The number of hydrogen-bond donors (Lipinski definition) is 0. The molecule has 0 fully saturated rings. The molecule has 0 radical (unpaired) electrons. The van der Waals surface area contributed by atoms with E-state index in [-0.39, 0.29) is 11.9 Å². The van der Waals surface area contributed by atoms with Crippen LogP contribution in [0.2, 0.25) is 30.7 Å². The fourth-order valence-electron chi connectivity index (χ4n) is 4.83. The smallest absolute Gasteiger partial charge is 0.255 e. The maximum Gasteiger partial charge on any atom is 0.255 e. The van der Waals surface area contributed by atoms with Gasteiger partial charge >= 0.3 is 0 Å². The second kappa shape index (κ2) is 10.4. The van der Waals surface area contributed by atoms with E-state index in [9.17, 15) is 4.79 Å². The van der Waals surface area contributed by atoms with E-state index >= 15 is 0 Å². The number of fused-ring (bicyclic) bond motifs is 2. The number of ether oxygens (including phenoxy) is 1. The second-order valence-electron chi connectivity index (χ2n) is 10.8. The Labute approximate surface area is 223 Å². The molecular formula is C27H33ClN6O2Si. The third-order valence-corrected chi connectivity index (χ3v) is 8.93. The van der Waals surface area contributed by atoms with Crippen LogP contribution in [0.5, 0.6) is 0 Å². The molecule has 2 aromatic heterocycles. The highest BCUT2D eigenvalue weighted by atomic mass is 35.5. The van der Waals surface area contributed by atoms with Crippen LogP contribution in [-0.4, -0.2) is 50.3 Å². The molecular weight excluding hydrogens is 504 g/mol. The van der Waals surface area contributed by atoms with Crippen molar-refractivity contribution in [1.29, 1.82) is 0 Å². The Bertz CT molecular complexity index is 1430. The molecule has 4 aromatic rings. The van der Waals surface area contributed by atoms with Crippen molar-refractivity contribution in [3.05, 3.63) is 76.1 Å². The highest BCUT2D eigenvalue weighted by Crippen LogP contribution is 2.38. The summed E-state index contributed by atoms with van der Waals surface area (Å²) < 4.78 is 9.56. The molecule has 1 atom stereocenters. The summed E-state index contributed by atoms with van der Waals surface area (Å²) in [4.78, 5) is 15.4. The highest BCUT2D eigenvalue weighted by molar-refractivity contribution is 6.76. The van der Waals surface area contributed by atoms with Gasteiger partial charge in [-0.15, -0.1) is 5.10 Å². The van der Waals surface area contributed by atoms with Gasteiger partial charge in [-0.25, -0.2) is 4.68 Å². The van der Waals surface area contributed by atoms with Crippen molar-refractivity contribution in [2.24, 2.45) is 0 Å². The molecule has 1 aliphatic heterocycles. The van der Waals surface area contributed by atoms with E-state index in [0.29, 0.717) is 24.7 Å². The van der Waals surface area contributed by atoms with Gasteiger partial charge < -0.3 is 9.64 Å². The monoisotopic (exact) mass is 536 g/mol. The molecule has 3 heterocycles. The van der Waals surface area contributed by atoms with Crippen LogP contribution in [0.4, 0.5) is 0 Å². The zero-order valence-electron chi connectivity index (χ0n) is 21.8. The van der Waals surface area contributed by atoms with E-state index in [1.165, 1.54) is 0 Å². The summed E-state index contributed by atoms with van der Waals surface area (Å²) in [5, 5.41) is 13.7. The molecule has 0 bridgehead atoms. The largest absolute Gasteiger partial charge is 0.359 e. The minimum absolute atomic E-state index is 0.0267. The first-order valence-electron chi connectivity index (χ1n) is 12.7. The van der Waals surface area contributed by atoms with Gasteiger partial charge in [-0.3, -0.25) is 9.48 Å². The number of carbonyl (C=O) groups is 1. The number of amides is 1. The second-order valence-corrected chi connectivity index (χ2v) is 16.8. The Morgan fingerprint density at radius 1 is 1.11 bits per heavy atom. The van der Waals surface area contributed by atoms with Crippen molar-refractivity contribution in [2.75, 3.05) is 6.61 Å². The van der Waals surface area contributed by atoms with Gasteiger partial charge in [-0.05, 0) is 42.3 Å². The average molecular weight is 537 g/mol. The quantitative estimate of drug-likeness (QED) is 0.196. The van der Waals surface area contributed by atoms with E-state index in [1.807, 2.05) is 59.0 Å². The SMILES string of the molecule is CCn1ncc(Cl)c1CC1c2ccccc2C(=O)N1Cc1ccc2c(c1)nnn2COCC[Si](C)(C)C. The molecule has 0 N–H and O–H groups in total. The molecule has 1 unspecified atom stereocenters. The van der Waals surface area contributed by atoms with Crippen LogP contribution in [0.25, 0.3) is 11.0 Å². The van der Waals surface area contributed by atoms with Crippen molar-refractivity contribution in [3.8, 4) is 0 Å². The molecule has 0 aliphatic carbocycles. The Morgan fingerprint density at radius 2 is 1.92 bits per heavy atom. The Kier molecular flexibility index (Phi) is 7.20. The molecule has 5 rings (SSSR count). The number of hydrogen-bond acceptors (Lipinski definition) is 5. The lowest BCUT2D eigenvalue weighted by atomic mass is 10.0. The van der Waals surface area contributed by atoms with Gasteiger partial charge in [-0.1, -0.05) is 60.7 Å². The zero-order valence-corrected chi connectivity index (χ0v) is 23.6. The standard InChI is InChI=1S/C27H33ClN6O2Si/c1-5-33-26(22(28)16-29-33)15-25-20-8-6-7-9-21(20)27(35)32(25)17-19-10-11-24-23(14-19)30-31-34(24)18-36-12-13-37(2,3)4/h6-11,14,16,25H,5,12-13,15,17-18H2,1-4H3. The lowest BCUT2D eigenvalue weighted by molar-refractivity contribution is 0.0707. The van der Waals surface area contributed by atoms with E-state index in [0.717, 1.165) is 52.6 Å². The molecule has 10 heteroatoms. The zero-order chi connectivity index (χ0) is 26.2. The summed E-state index contributed by atoms with van der Waals surface area (Å²) in [6.45, 7) is 11.4. The summed E-state index contributed by atoms with van der Waals surface area (Å²) in [6.07, 6.45) is 2.28. The summed E-state index contributed by atoms with van der Waals surface area (Å²) in [5.41, 5.74) is 5.42. The minimum atomic E-state index is -1.14. The van der Waals surface area contributed by atoms with E-state index < -0.39 is 8.07 Å². The van der Waals surface area contributed by atoms with Gasteiger partial charge in [0.05, 0.1) is 28.5 Å². The molecule has 1 amide bonds. The molecule has 2 aromatic carbocycles. The van der Waals surface area contributed by atoms with E-state index in [1.54, 1.807) is 10.9 Å². The Hall–Kier alpha value is -3.01. The predicted molar refractivity (Wildman–Crippen MR) is 147 cm³/mol. The number of carbonyl (C=O) groups excluding carboxylic acids is 1. The van der Waals surface area contributed by atoms with Crippen molar-refractivity contribution in [1.82, 2.24) is 29.7 Å². The number of aryl methyl sites for hydroxylation is 1. The van der Waals surface area contributed by atoms with Crippen molar-refractivity contribution in [3.63, 3.8) is 0 Å². The highest BCUT2D eigenvalue weighted by Gasteiger charge is 2.37. The maximum absolute atomic E-state index is 13.5. The van der Waals surface area contributed by atoms with Gasteiger partial charge in [0.2, 0.25) is 0 Å². The summed E-state index contributed by atoms with van der Waals surface area (Å²) in [7, 11) is -1.14. The number of nitrogens with zero attached hydrogens (tertiary/aromatic N) is 6. The summed E-state index contributed by atoms with van der Waals surface area (Å²) in [6, 6.07) is 14.9. The fraction of sp³-hybridized carbons (Fsp3) is 0.407. The number of benzene rings is 2. The molecule has 8 nitrogen and oxygen atoms in total. The van der Waals surface area contributed by atoms with Crippen LogP contribution < -0.4 is 0 Å². The minimum Gasteiger partial charge on any atom is -0.359 e. The van der Waals surface area contributed by atoms with E-state index in [4.69, 9.17) is 16.3 Å². The molecule has 194 valence electrons. The molecule has 0 spiro atoms. The van der Waals surface area contributed by atoms with Crippen LogP contribution in [0.15, 0.2) is 48.7 Å². The van der Waals surface area contributed by atoms with Gasteiger partial charge in [0.1, 0.15) is 12.2 Å². The normalized spacial score (nSPS) is 15.6. The van der Waals surface area contributed by atoms with Crippen LogP contribution in [0, 0.1) is 0 Å². The number of rotatable bonds is 10. The van der Waals surface area contributed by atoms with Crippen LogP contribution in [-0.2, 0) is 31.0 Å². The van der Waals surface area contributed by atoms with Crippen molar-refractivity contribution in [2.45, 2.75) is 64.9 Å². The van der Waals surface area contributed by atoms with Gasteiger partial charge in [-0.2, -0.15) is 5.10 Å². The first-order valence-corrected chi connectivity index (χ1v) is 16.8.